The summed E-state index contributed by atoms with van der Waals surface area (Å²) in [5, 5.41) is 7.06. The largest absolute Gasteiger partial charge is 0.495 e. The maximum atomic E-state index is 12.0. The summed E-state index contributed by atoms with van der Waals surface area (Å²) in [5.74, 6) is 0.511. The SMILES string of the molecule is COc1cc(NS(=O)(=O)c2nnc(N)s2)ccc1Br. The second kappa shape index (κ2) is 5.31. The first-order valence-electron chi connectivity index (χ1n) is 4.88. The zero-order valence-corrected chi connectivity index (χ0v) is 12.8. The first-order chi connectivity index (χ1) is 8.92. The van der Waals surface area contributed by atoms with E-state index in [1.54, 1.807) is 18.2 Å². The Bertz CT molecular complexity index is 701. The van der Waals surface area contributed by atoms with Crippen LogP contribution in [0.25, 0.3) is 0 Å². The Morgan fingerprint density at radius 1 is 1.42 bits per heavy atom. The van der Waals surface area contributed by atoms with Gasteiger partial charge in [-0.2, -0.15) is 8.42 Å². The van der Waals surface area contributed by atoms with E-state index in [0.29, 0.717) is 11.4 Å². The molecule has 0 amide bonds. The van der Waals surface area contributed by atoms with Crippen LogP contribution >= 0.6 is 27.3 Å². The second-order valence-corrected chi connectivity index (χ2v) is 7.08. The van der Waals surface area contributed by atoms with Gasteiger partial charge in [0.25, 0.3) is 14.4 Å². The zero-order chi connectivity index (χ0) is 14.0. The van der Waals surface area contributed by atoms with E-state index in [4.69, 9.17) is 10.5 Å². The molecule has 1 heterocycles. The van der Waals surface area contributed by atoms with Crippen LogP contribution in [0.1, 0.15) is 0 Å². The molecule has 0 aliphatic rings. The number of hydrogen-bond acceptors (Lipinski definition) is 7. The first kappa shape index (κ1) is 14.0. The first-order valence-corrected chi connectivity index (χ1v) is 7.97. The molecule has 2 aromatic rings. The second-order valence-electron chi connectivity index (χ2n) is 3.36. The fourth-order valence-electron chi connectivity index (χ4n) is 1.25. The molecule has 7 nitrogen and oxygen atoms in total. The average molecular weight is 365 g/mol. The summed E-state index contributed by atoms with van der Waals surface area (Å²) in [6, 6.07) is 4.81. The molecule has 0 unspecified atom stereocenters. The summed E-state index contributed by atoms with van der Waals surface area (Å²) >= 11 is 4.07. The van der Waals surface area contributed by atoms with E-state index in [-0.39, 0.29) is 9.47 Å². The molecule has 0 bridgehead atoms. The van der Waals surface area contributed by atoms with Crippen molar-refractivity contribution in [3.05, 3.63) is 22.7 Å². The van der Waals surface area contributed by atoms with Gasteiger partial charge in [-0.25, -0.2) is 0 Å². The third-order valence-electron chi connectivity index (χ3n) is 2.06. The molecule has 19 heavy (non-hydrogen) atoms. The molecule has 0 saturated carbocycles. The van der Waals surface area contributed by atoms with E-state index >= 15 is 0 Å². The Morgan fingerprint density at radius 2 is 2.16 bits per heavy atom. The van der Waals surface area contributed by atoms with E-state index in [9.17, 15) is 8.42 Å². The third kappa shape index (κ3) is 3.14. The van der Waals surface area contributed by atoms with Crippen molar-refractivity contribution in [2.24, 2.45) is 0 Å². The van der Waals surface area contributed by atoms with Crippen LogP contribution in [-0.2, 0) is 10.0 Å². The quantitative estimate of drug-likeness (QED) is 0.854. The van der Waals surface area contributed by atoms with Crippen molar-refractivity contribution < 1.29 is 13.2 Å². The highest BCUT2D eigenvalue weighted by Gasteiger charge is 2.20. The molecule has 0 saturated heterocycles. The Morgan fingerprint density at radius 3 is 2.74 bits per heavy atom. The number of nitrogens with two attached hydrogens (primary N) is 1. The lowest BCUT2D eigenvalue weighted by Crippen LogP contribution is -2.12. The zero-order valence-electron chi connectivity index (χ0n) is 9.62. The van der Waals surface area contributed by atoms with E-state index in [2.05, 4.69) is 30.8 Å². The summed E-state index contributed by atoms with van der Waals surface area (Å²) in [6.45, 7) is 0. The van der Waals surface area contributed by atoms with Gasteiger partial charge < -0.3 is 10.5 Å². The van der Waals surface area contributed by atoms with Gasteiger partial charge in [-0.15, -0.1) is 10.2 Å². The highest BCUT2D eigenvalue weighted by molar-refractivity contribution is 9.10. The molecule has 102 valence electrons. The number of nitrogen functional groups attached to an aromatic ring is 1. The smallest absolute Gasteiger partial charge is 0.291 e. The molecule has 0 radical (unpaired) electrons. The third-order valence-corrected chi connectivity index (χ3v) is 5.21. The van der Waals surface area contributed by atoms with Crippen molar-refractivity contribution in [1.82, 2.24) is 10.2 Å². The number of hydrogen-bond donors (Lipinski definition) is 2. The molecule has 3 N–H and O–H groups in total. The minimum Gasteiger partial charge on any atom is -0.495 e. The van der Waals surface area contributed by atoms with Gasteiger partial charge in [0.15, 0.2) is 0 Å². The van der Waals surface area contributed by atoms with Crippen molar-refractivity contribution in [3.63, 3.8) is 0 Å². The van der Waals surface area contributed by atoms with E-state index in [0.717, 1.165) is 15.8 Å². The van der Waals surface area contributed by atoms with Gasteiger partial charge in [0, 0.05) is 6.07 Å². The highest BCUT2D eigenvalue weighted by Crippen LogP contribution is 2.29. The number of sulfonamides is 1. The molecular formula is C9H9BrN4O3S2. The molecule has 0 spiro atoms. The molecule has 1 aromatic carbocycles. The fourth-order valence-corrected chi connectivity index (χ4v) is 3.49. The van der Waals surface area contributed by atoms with Crippen LogP contribution in [-0.4, -0.2) is 25.7 Å². The van der Waals surface area contributed by atoms with Crippen LogP contribution in [0.5, 0.6) is 5.75 Å². The van der Waals surface area contributed by atoms with Crippen molar-refractivity contribution in [2.45, 2.75) is 4.34 Å². The number of aromatic nitrogens is 2. The lowest BCUT2D eigenvalue weighted by atomic mass is 10.3. The predicted molar refractivity (Wildman–Crippen MR) is 75.8 cm³/mol. The van der Waals surface area contributed by atoms with Gasteiger partial charge in [0.1, 0.15) is 5.75 Å². The predicted octanol–water partition coefficient (Wildman–Crippen LogP) is 1.69. The standard InChI is InChI=1S/C9H9BrN4O3S2/c1-17-7-4-5(2-3-6(7)10)14-19(15,16)9-13-12-8(11)18-9/h2-4,14H,1H3,(H2,11,12). The summed E-state index contributed by atoms with van der Waals surface area (Å²) in [7, 11) is -2.30. The molecule has 0 aliphatic carbocycles. The number of benzene rings is 1. The van der Waals surface area contributed by atoms with Gasteiger partial charge >= 0.3 is 0 Å². The van der Waals surface area contributed by atoms with Crippen LogP contribution in [0.3, 0.4) is 0 Å². The maximum Gasteiger partial charge on any atom is 0.291 e. The van der Waals surface area contributed by atoms with Gasteiger partial charge in [0.2, 0.25) is 5.13 Å². The Balaban J connectivity index is 2.30. The fraction of sp³-hybridized carbons (Fsp3) is 0.111. The van der Waals surface area contributed by atoms with Crippen LogP contribution in [0, 0.1) is 0 Å². The summed E-state index contributed by atoms with van der Waals surface area (Å²) < 4.78 is 32.0. The number of ether oxygens (including phenoxy) is 1. The lowest BCUT2D eigenvalue weighted by Gasteiger charge is -2.08. The van der Waals surface area contributed by atoms with Crippen molar-refractivity contribution in [3.8, 4) is 5.75 Å². The number of nitrogens with zero attached hydrogens (tertiary/aromatic N) is 2. The summed E-state index contributed by atoms with van der Waals surface area (Å²) in [4.78, 5) is 0. The minimum absolute atomic E-state index is 0.0914. The summed E-state index contributed by atoms with van der Waals surface area (Å²) in [5.41, 5.74) is 5.72. The van der Waals surface area contributed by atoms with Gasteiger partial charge in [-0.05, 0) is 28.1 Å². The van der Waals surface area contributed by atoms with Gasteiger partial charge in [-0.3, -0.25) is 4.72 Å². The van der Waals surface area contributed by atoms with Crippen molar-refractivity contribution >= 4 is 48.1 Å². The number of halogens is 1. The van der Waals surface area contributed by atoms with Crippen LogP contribution in [0.2, 0.25) is 0 Å². The van der Waals surface area contributed by atoms with Crippen LogP contribution in [0.4, 0.5) is 10.8 Å². The summed E-state index contributed by atoms with van der Waals surface area (Å²) in [6.07, 6.45) is 0. The number of nitrogens with one attached hydrogen (secondary N) is 1. The number of anilines is 2. The van der Waals surface area contributed by atoms with Gasteiger partial charge in [-0.1, -0.05) is 11.3 Å². The van der Waals surface area contributed by atoms with Crippen molar-refractivity contribution in [1.29, 1.82) is 0 Å². The Hall–Kier alpha value is -1.39. The highest BCUT2D eigenvalue weighted by atomic mass is 79.9. The monoisotopic (exact) mass is 364 g/mol. The molecular weight excluding hydrogens is 356 g/mol. The normalized spacial score (nSPS) is 11.3. The molecule has 0 atom stereocenters. The number of methoxy groups -OCH3 is 1. The van der Waals surface area contributed by atoms with Crippen LogP contribution in [0.15, 0.2) is 27.0 Å². The molecule has 1 aromatic heterocycles. The molecule has 2 rings (SSSR count). The van der Waals surface area contributed by atoms with E-state index < -0.39 is 10.0 Å². The lowest BCUT2D eigenvalue weighted by molar-refractivity contribution is 0.412. The Kier molecular flexibility index (Phi) is 3.92. The Labute approximate surface area is 122 Å². The average Bonchev–Trinajstić information content (AvgIpc) is 2.79. The van der Waals surface area contributed by atoms with Gasteiger partial charge in [0.05, 0.1) is 17.3 Å². The molecule has 0 aliphatic heterocycles. The van der Waals surface area contributed by atoms with Crippen LogP contribution < -0.4 is 15.2 Å². The van der Waals surface area contributed by atoms with Crippen molar-refractivity contribution in [2.75, 3.05) is 17.6 Å². The minimum atomic E-state index is -3.79. The molecule has 10 heteroatoms. The van der Waals surface area contributed by atoms with E-state index in [1.165, 1.54) is 7.11 Å². The van der Waals surface area contributed by atoms with E-state index in [1.807, 2.05) is 0 Å². The maximum absolute atomic E-state index is 12.0. The number of rotatable bonds is 4. The molecule has 0 fully saturated rings. The topological polar surface area (TPSA) is 107 Å².